The highest BCUT2D eigenvalue weighted by atomic mass is 32.2. The summed E-state index contributed by atoms with van der Waals surface area (Å²) in [5, 5.41) is 11.3. The Morgan fingerprint density at radius 3 is 2.75 bits per heavy atom. The van der Waals surface area contributed by atoms with Crippen LogP contribution in [-0.4, -0.2) is 34.0 Å². The molecule has 1 unspecified atom stereocenters. The van der Waals surface area contributed by atoms with Gasteiger partial charge in [-0.05, 0) is 31.9 Å². The Kier molecular flexibility index (Phi) is 5.12. The molecule has 1 atom stereocenters. The lowest BCUT2D eigenvalue weighted by molar-refractivity contribution is -0.137. The van der Waals surface area contributed by atoms with Crippen molar-refractivity contribution in [3.8, 4) is 0 Å². The average molecular weight is 245 g/mol. The second kappa shape index (κ2) is 6.13. The summed E-state index contributed by atoms with van der Waals surface area (Å²) in [7, 11) is 0. The number of thioether (sulfide) groups is 1. The maximum Gasteiger partial charge on any atom is 0.303 e. The van der Waals surface area contributed by atoms with E-state index in [-0.39, 0.29) is 17.1 Å². The number of hydrogen-bond donors (Lipinski definition) is 2. The van der Waals surface area contributed by atoms with Gasteiger partial charge in [-0.2, -0.15) is 11.8 Å². The molecule has 0 aromatic rings. The van der Waals surface area contributed by atoms with Crippen molar-refractivity contribution in [2.24, 2.45) is 0 Å². The van der Waals surface area contributed by atoms with Gasteiger partial charge >= 0.3 is 5.97 Å². The van der Waals surface area contributed by atoms with E-state index in [4.69, 9.17) is 5.11 Å². The van der Waals surface area contributed by atoms with E-state index >= 15 is 0 Å². The molecule has 0 bridgehead atoms. The molecule has 1 amide bonds. The van der Waals surface area contributed by atoms with E-state index in [1.807, 2.05) is 11.8 Å². The van der Waals surface area contributed by atoms with Gasteiger partial charge in [0.05, 0.1) is 0 Å². The summed E-state index contributed by atoms with van der Waals surface area (Å²) >= 11 is 1.91. The van der Waals surface area contributed by atoms with Crippen molar-refractivity contribution >= 4 is 23.6 Å². The predicted molar refractivity (Wildman–Crippen MR) is 64.6 cm³/mol. The number of rotatable bonds is 6. The van der Waals surface area contributed by atoms with Crippen LogP contribution in [0.15, 0.2) is 0 Å². The first-order valence-corrected chi connectivity index (χ1v) is 6.63. The van der Waals surface area contributed by atoms with Gasteiger partial charge in [0.25, 0.3) is 0 Å². The van der Waals surface area contributed by atoms with E-state index in [2.05, 4.69) is 12.2 Å². The van der Waals surface area contributed by atoms with Crippen molar-refractivity contribution in [1.29, 1.82) is 0 Å². The van der Waals surface area contributed by atoms with Crippen LogP contribution in [-0.2, 0) is 9.59 Å². The van der Waals surface area contributed by atoms with Crippen LogP contribution in [0.1, 0.15) is 39.0 Å². The van der Waals surface area contributed by atoms with Crippen molar-refractivity contribution in [1.82, 2.24) is 5.32 Å². The van der Waals surface area contributed by atoms with Crippen LogP contribution in [0.2, 0.25) is 0 Å². The maximum atomic E-state index is 11.4. The molecule has 1 heterocycles. The van der Waals surface area contributed by atoms with Crippen molar-refractivity contribution in [3.63, 3.8) is 0 Å². The number of carbonyl (C=O) groups excluding carboxylic acids is 1. The largest absolute Gasteiger partial charge is 0.481 e. The standard InChI is InChI=1S/C11H19NO3S/c1-11(6-3-7-16-11)8-12-9(13)4-2-5-10(14)15/h2-8H2,1H3,(H,12,13)(H,14,15). The van der Waals surface area contributed by atoms with Crippen LogP contribution in [0, 0.1) is 0 Å². The molecule has 0 aromatic carbocycles. The highest BCUT2D eigenvalue weighted by molar-refractivity contribution is 8.00. The molecular weight excluding hydrogens is 226 g/mol. The summed E-state index contributed by atoms with van der Waals surface area (Å²) in [6.45, 7) is 2.87. The van der Waals surface area contributed by atoms with E-state index in [1.165, 1.54) is 12.2 Å². The normalized spacial score (nSPS) is 24.3. The smallest absolute Gasteiger partial charge is 0.303 e. The molecular formula is C11H19NO3S. The summed E-state index contributed by atoms with van der Waals surface area (Å²) in [5.74, 6) is 0.298. The van der Waals surface area contributed by atoms with Crippen molar-refractivity contribution in [2.45, 2.75) is 43.8 Å². The number of carboxylic acid groups (broad SMARTS) is 1. The van der Waals surface area contributed by atoms with Gasteiger partial charge in [0, 0.05) is 24.1 Å². The molecule has 1 aliphatic heterocycles. The summed E-state index contributed by atoms with van der Waals surface area (Å²) in [4.78, 5) is 21.7. The van der Waals surface area contributed by atoms with E-state index in [0.717, 1.165) is 6.42 Å². The highest BCUT2D eigenvalue weighted by Gasteiger charge is 2.29. The molecule has 5 heteroatoms. The Balaban J connectivity index is 2.12. The third-order valence-corrected chi connectivity index (χ3v) is 4.29. The van der Waals surface area contributed by atoms with Gasteiger partial charge in [0.1, 0.15) is 0 Å². The number of carbonyl (C=O) groups is 2. The van der Waals surface area contributed by atoms with Gasteiger partial charge in [-0.25, -0.2) is 0 Å². The molecule has 1 saturated heterocycles. The number of amides is 1. The van der Waals surface area contributed by atoms with Crippen LogP contribution in [0.5, 0.6) is 0 Å². The second-order valence-corrected chi connectivity index (χ2v) is 6.11. The fourth-order valence-electron chi connectivity index (χ4n) is 1.75. The molecule has 1 rings (SSSR count). The molecule has 16 heavy (non-hydrogen) atoms. The maximum absolute atomic E-state index is 11.4. The van der Waals surface area contributed by atoms with Crippen LogP contribution in [0.25, 0.3) is 0 Å². The SMILES string of the molecule is CC1(CNC(=O)CCCC(=O)O)CCCS1. The van der Waals surface area contributed by atoms with Gasteiger partial charge in [0.15, 0.2) is 0 Å². The first-order valence-electron chi connectivity index (χ1n) is 5.64. The molecule has 2 N–H and O–H groups in total. The first-order chi connectivity index (χ1) is 7.52. The second-order valence-electron chi connectivity index (χ2n) is 4.43. The molecule has 0 saturated carbocycles. The summed E-state index contributed by atoms with van der Waals surface area (Å²) in [6.07, 6.45) is 3.17. The zero-order chi connectivity index (χ0) is 12.0. The van der Waals surface area contributed by atoms with Gasteiger partial charge in [0.2, 0.25) is 5.91 Å². The van der Waals surface area contributed by atoms with Crippen LogP contribution < -0.4 is 5.32 Å². The van der Waals surface area contributed by atoms with Crippen LogP contribution >= 0.6 is 11.8 Å². The minimum Gasteiger partial charge on any atom is -0.481 e. The van der Waals surface area contributed by atoms with Crippen LogP contribution in [0.4, 0.5) is 0 Å². The number of nitrogens with one attached hydrogen (secondary N) is 1. The zero-order valence-electron chi connectivity index (χ0n) is 9.62. The molecule has 0 aromatic heterocycles. The third kappa shape index (κ3) is 4.88. The molecule has 1 aliphatic rings. The van der Waals surface area contributed by atoms with Crippen LogP contribution in [0.3, 0.4) is 0 Å². The van der Waals surface area contributed by atoms with E-state index < -0.39 is 5.97 Å². The molecule has 0 radical (unpaired) electrons. The first kappa shape index (κ1) is 13.4. The number of carboxylic acids is 1. The number of aliphatic carboxylic acids is 1. The summed E-state index contributed by atoms with van der Waals surface area (Å²) in [6, 6.07) is 0. The quantitative estimate of drug-likeness (QED) is 0.746. The zero-order valence-corrected chi connectivity index (χ0v) is 10.4. The fourth-order valence-corrected chi connectivity index (χ4v) is 2.99. The lowest BCUT2D eigenvalue weighted by atomic mass is 10.1. The van der Waals surface area contributed by atoms with Gasteiger partial charge in [-0.3, -0.25) is 9.59 Å². The Morgan fingerprint density at radius 2 is 2.19 bits per heavy atom. The van der Waals surface area contributed by atoms with Gasteiger partial charge in [-0.15, -0.1) is 0 Å². The molecule has 1 fully saturated rings. The van der Waals surface area contributed by atoms with Crippen molar-refractivity contribution in [3.05, 3.63) is 0 Å². The number of hydrogen-bond acceptors (Lipinski definition) is 3. The summed E-state index contributed by atoms with van der Waals surface area (Å²) < 4.78 is 0.183. The van der Waals surface area contributed by atoms with Gasteiger partial charge < -0.3 is 10.4 Å². The average Bonchev–Trinajstić information content (AvgIpc) is 2.62. The monoisotopic (exact) mass is 245 g/mol. The Morgan fingerprint density at radius 1 is 1.44 bits per heavy atom. The molecule has 4 nitrogen and oxygen atoms in total. The van der Waals surface area contributed by atoms with E-state index in [1.54, 1.807) is 0 Å². The minimum absolute atomic E-state index is 0.0324. The van der Waals surface area contributed by atoms with E-state index in [9.17, 15) is 9.59 Å². The fraction of sp³-hybridized carbons (Fsp3) is 0.818. The molecule has 92 valence electrons. The van der Waals surface area contributed by atoms with Crippen molar-refractivity contribution in [2.75, 3.05) is 12.3 Å². The summed E-state index contributed by atoms with van der Waals surface area (Å²) in [5.41, 5.74) is 0. The molecule has 0 spiro atoms. The van der Waals surface area contributed by atoms with E-state index in [0.29, 0.717) is 19.4 Å². The Hall–Kier alpha value is -0.710. The predicted octanol–water partition coefficient (Wildman–Crippen LogP) is 1.64. The molecule has 0 aliphatic carbocycles. The third-order valence-electron chi connectivity index (χ3n) is 2.75. The lowest BCUT2D eigenvalue weighted by Gasteiger charge is -2.22. The lowest BCUT2D eigenvalue weighted by Crippen LogP contribution is -2.36. The minimum atomic E-state index is -0.842. The van der Waals surface area contributed by atoms with Gasteiger partial charge in [-0.1, -0.05) is 0 Å². The topological polar surface area (TPSA) is 66.4 Å². The Bertz CT molecular complexity index is 262. The Labute approximate surface area is 100 Å². The highest BCUT2D eigenvalue weighted by Crippen LogP contribution is 2.36. The van der Waals surface area contributed by atoms with Crippen molar-refractivity contribution < 1.29 is 14.7 Å².